The van der Waals surface area contributed by atoms with E-state index in [-0.39, 0.29) is 5.91 Å². The van der Waals surface area contributed by atoms with Crippen LogP contribution >= 0.6 is 11.6 Å². The molecule has 22 heavy (non-hydrogen) atoms. The Hall–Kier alpha value is -1.06. The van der Waals surface area contributed by atoms with E-state index < -0.39 is 0 Å². The minimum absolute atomic E-state index is 0.109. The van der Waals surface area contributed by atoms with Gasteiger partial charge >= 0.3 is 0 Å². The maximum Gasteiger partial charge on any atom is 0.255 e. The highest BCUT2D eigenvalue weighted by molar-refractivity contribution is 6.33. The van der Waals surface area contributed by atoms with E-state index in [1.165, 1.54) is 32.4 Å². The zero-order chi connectivity index (χ0) is 15.5. The van der Waals surface area contributed by atoms with E-state index in [1.807, 2.05) is 25.1 Å². The highest BCUT2D eigenvalue weighted by Crippen LogP contribution is 2.25. The van der Waals surface area contributed by atoms with Crippen LogP contribution in [-0.4, -0.2) is 47.9 Å². The Morgan fingerprint density at radius 3 is 2.68 bits per heavy atom. The van der Waals surface area contributed by atoms with E-state index in [1.54, 1.807) is 0 Å². The Morgan fingerprint density at radius 1 is 1.18 bits per heavy atom. The van der Waals surface area contributed by atoms with Gasteiger partial charge in [0.15, 0.2) is 0 Å². The van der Waals surface area contributed by atoms with E-state index in [2.05, 4.69) is 9.80 Å². The van der Waals surface area contributed by atoms with Gasteiger partial charge in [-0.3, -0.25) is 4.79 Å². The normalized spacial score (nSPS) is 23.0. The van der Waals surface area contributed by atoms with Crippen molar-refractivity contribution in [1.29, 1.82) is 0 Å². The zero-order valence-corrected chi connectivity index (χ0v) is 14.1. The molecule has 2 saturated heterocycles. The molecule has 0 aromatic heterocycles. The summed E-state index contributed by atoms with van der Waals surface area (Å²) in [5.41, 5.74) is 1.75. The van der Waals surface area contributed by atoms with Crippen LogP contribution in [0.15, 0.2) is 18.2 Å². The molecule has 0 unspecified atom stereocenters. The Bertz CT molecular complexity index is 540. The molecule has 2 fully saturated rings. The van der Waals surface area contributed by atoms with Gasteiger partial charge in [-0.15, -0.1) is 0 Å². The Kier molecular flexibility index (Phi) is 5.04. The van der Waals surface area contributed by atoms with Crippen LogP contribution in [0.4, 0.5) is 0 Å². The molecule has 0 saturated carbocycles. The first kappa shape index (κ1) is 15.8. The number of benzene rings is 1. The smallest absolute Gasteiger partial charge is 0.255 e. The topological polar surface area (TPSA) is 23.6 Å². The lowest BCUT2D eigenvalue weighted by Gasteiger charge is -2.38. The molecule has 2 aliphatic rings. The number of piperidine rings is 1. The number of hydrogen-bond donors (Lipinski definition) is 0. The Balaban J connectivity index is 1.77. The lowest BCUT2D eigenvalue weighted by molar-refractivity contribution is 0.0560. The molecule has 0 spiro atoms. The molecule has 3 rings (SSSR count). The second-order valence-corrected chi connectivity index (χ2v) is 7.05. The molecule has 1 aromatic rings. The van der Waals surface area contributed by atoms with E-state index in [0.29, 0.717) is 16.6 Å². The van der Waals surface area contributed by atoms with Crippen LogP contribution in [-0.2, 0) is 0 Å². The van der Waals surface area contributed by atoms with Crippen molar-refractivity contribution in [3.05, 3.63) is 34.3 Å². The van der Waals surface area contributed by atoms with E-state index >= 15 is 0 Å². The SMILES string of the molecule is Cc1ccc(Cl)c(C(=O)N2CCCC[C@H]2CN2CCCC2)c1. The number of hydrogen-bond acceptors (Lipinski definition) is 2. The highest BCUT2D eigenvalue weighted by Gasteiger charge is 2.30. The Morgan fingerprint density at radius 2 is 1.91 bits per heavy atom. The third-order valence-electron chi connectivity index (χ3n) is 4.91. The van der Waals surface area contributed by atoms with Crippen LogP contribution in [0.1, 0.15) is 48.0 Å². The molecule has 4 heteroatoms. The number of carbonyl (C=O) groups excluding carboxylic acids is 1. The van der Waals surface area contributed by atoms with Crippen molar-refractivity contribution >= 4 is 17.5 Å². The van der Waals surface area contributed by atoms with Crippen molar-refractivity contribution in [3.63, 3.8) is 0 Å². The minimum atomic E-state index is 0.109. The maximum absolute atomic E-state index is 13.0. The van der Waals surface area contributed by atoms with Crippen molar-refractivity contribution < 1.29 is 4.79 Å². The van der Waals surface area contributed by atoms with Crippen LogP contribution in [0.2, 0.25) is 5.02 Å². The third-order valence-corrected chi connectivity index (χ3v) is 5.24. The molecular formula is C18H25ClN2O. The second-order valence-electron chi connectivity index (χ2n) is 6.64. The third kappa shape index (κ3) is 3.47. The van der Waals surface area contributed by atoms with E-state index in [0.717, 1.165) is 31.5 Å². The molecule has 1 atom stereocenters. The first-order chi connectivity index (χ1) is 10.6. The van der Waals surface area contributed by atoms with Gasteiger partial charge < -0.3 is 9.80 Å². The summed E-state index contributed by atoms with van der Waals surface area (Å²) in [5.74, 6) is 0.109. The zero-order valence-electron chi connectivity index (χ0n) is 13.4. The van der Waals surface area contributed by atoms with Gasteiger partial charge in [0.2, 0.25) is 0 Å². The molecule has 1 aromatic carbocycles. The first-order valence-electron chi connectivity index (χ1n) is 8.44. The predicted molar refractivity (Wildman–Crippen MR) is 90.5 cm³/mol. The number of aryl methyl sites for hydroxylation is 1. The molecule has 0 aliphatic carbocycles. The largest absolute Gasteiger partial charge is 0.334 e. The quantitative estimate of drug-likeness (QED) is 0.847. The summed E-state index contributed by atoms with van der Waals surface area (Å²) in [6.45, 7) is 6.26. The second kappa shape index (κ2) is 7.01. The lowest BCUT2D eigenvalue weighted by atomic mass is 9.99. The number of nitrogens with zero attached hydrogens (tertiary/aromatic N) is 2. The monoisotopic (exact) mass is 320 g/mol. The summed E-state index contributed by atoms with van der Waals surface area (Å²) in [6, 6.07) is 6.06. The number of likely N-dealkylation sites (tertiary alicyclic amines) is 2. The fourth-order valence-electron chi connectivity index (χ4n) is 3.68. The number of carbonyl (C=O) groups is 1. The van der Waals surface area contributed by atoms with Crippen LogP contribution in [0.3, 0.4) is 0 Å². The highest BCUT2D eigenvalue weighted by atomic mass is 35.5. The van der Waals surface area contributed by atoms with Crippen molar-refractivity contribution in [2.24, 2.45) is 0 Å². The van der Waals surface area contributed by atoms with Gasteiger partial charge in [-0.25, -0.2) is 0 Å². The summed E-state index contributed by atoms with van der Waals surface area (Å²) < 4.78 is 0. The van der Waals surface area contributed by atoms with Crippen molar-refractivity contribution in [3.8, 4) is 0 Å². The van der Waals surface area contributed by atoms with Gasteiger partial charge in [0.25, 0.3) is 5.91 Å². The summed E-state index contributed by atoms with van der Waals surface area (Å²) in [4.78, 5) is 17.6. The predicted octanol–water partition coefficient (Wildman–Crippen LogP) is 3.74. The molecule has 120 valence electrons. The van der Waals surface area contributed by atoms with Gasteiger partial charge in [0, 0.05) is 19.1 Å². The van der Waals surface area contributed by atoms with Gasteiger partial charge in [-0.05, 0) is 64.3 Å². The van der Waals surface area contributed by atoms with E-state index in [4.69, 9.17) is 11.6 Å². The Labute approximate surface area is 138 Å². The summed E-state index contributed by atoms with van der Waals surface area (Å²) in [7, 11) is 0. The van der Waals surface area contributed by atoms with Crippen LogP contribution in [0.25, 0.3) is 0 Å². The molecule has 3 nitrogen and oxygen atoms in total. The number of rotatable bonds is 3. The van der Waals surface area contributed by atoms with Crippen LogP contribution < -0.4 is 0 Å². The van der Waals surface area contributed by atoms with Gasteiger partial charge in [-0.1, -0.05) is 23.2 Å². The molecule has 2 heterocycles. The molecule has 0 radical (unpaired) electrons. The van der Waals surface area contributed by atoms with Gasteiger partial charge in [0.1, 0.15) is 0 Å². The summed E-state index contributed by atoms with van der Waals surface area (Å²) in [6.07, 6.45) is 6.04. The molecule has 0 N–H and O–H groups in total. The standard InChI is InChI=1S/C18H25ClN2O/c1-14-7-8-17(19)16(12-14)18(22)21-11-3-2-6-15(21)13-20-9-4-5-10-20/h7-8,12,15H,2-6,9-11,13H2,1H3/t15-/m0/s1. The number of halogens is 1. The fourth-order valence-corrected chi connectivity index (χ4v) is 3.88. The molecule has 2 aliphatic heterocycles. The first-order valence-corrected chi connectivity index (χ1v) is 8.82. The fraction of sp³-hybridized carbons (Fsp3) is 0.611. The number of amides is 1. The minimum Gasteiger partial charge on any atom is -0.334 e. The molecular weight excluding hydrogens is 296 g/mol. The van der Waals surface area contributed by atoms with Gasteiger partial charge in [-0.2, -0.15) is 0 Å². The van der Waals surface area contributed by atoms with Crippen LogP contribution in [0.5, 0.6) is 0 Å². The van der Waals surface area contributed by atoms with Crippen molar-refractivity contribution in [1.82, 2.24) is 9.80 Å². The van der Waals surface area contributed by atoms with Crippen molar-refractivity contribution in [2.45, 2.75) is 45.1 Å². The molecule has 1 amide bonds. The maximum atomic E-state index is 13.0. The average Bonchev–Trinajstić information content (AvgIpc) is 3.02. The lowest BCUT2D eigenvalue weighted by Crippen LogP contribution is -2.49. The van der Waals surface area contributed by atoms with Crippen LogP contribution in [0, 0.1) is 6.92 Å². The average molecular weight is 321 g/mol. The summed E-state index contributed by atoms with van der Waals surface area (Å²) >= 11 is 6.27. The van der Waals surface area contributed by atoms with E-state index in [9.17, 15) is 4.79 Å². The summed E-state index contributed by atoms with van der Waals surface area (Å²) in [5, 5.41) is 0.570. The molecule has 0 bridgehead atoms. The van der Waals surface area contributed by atoms with Crippen molar-refractivity contribution in [2.75, 3.05) is 26.2 Å². The van der Waals surface area contributed by atoms with Gasteiger partial charge in [0.05, 0.1) is 10.6 Å².